The van der Waals surface area contributed by atoms with Gasteiger partial charge in [0.25, 0.3) is 5.91 Å². The van der Waals surface area contributed by atoms with E-state index in [1.165, 1.54) is 12.1 Å². The zero-order valence-electron chi connectivity index (χ0n) is 15.5. The van der Waals surface area contributed by atoms with E-state index in [0.717, 1.165) is 54.7 Å². The number of hydrogen-bond donors (Lipinski definition) is 0. The Bertz CT molecular complexity index is 949. The van der Waals surface area contributed by atoms with Gasteiger partial charge in [-0.25, -0.2) is 4.39 Å². The van der Waals surface area contributed by atoms with E-state index >= 15 is 0 Å². The normalized spacial score (nSPS) is 15.9. The molecule has 5 heteroatoms. The summed E-state index contributed by atoms with van der Waals surface area (Å²) in [6.07, 6.45) is 0.909. The fraction of sp³-hybridized carbons (Fsp3) is 0.318. The number of fused-ring (bicyclic) bond motifs is 1. The molecule has 27 heavy (non-hydrogen) atoms. The molecule has 1 aliphatic rings. The van der Waals surface area contributed by atoms with Gasteiger partial charge in [0.2, 0.25) is 0 Å². The predicted molar refractivity (Wildman–Crippen MR) is 103 cm³/mol. The average Bonchev–Trinajstić information content (AvgIpc) is 2.94. The van der Waals surface area contributed by atoms with Crippen molar-refractivity contribution in [3.8, 4) is 0 Å². The van der Waals surface area contributed by atoms with Gasteiger partial charge in [-0.05, 0) is 49.2 Å². The highest BCUT2D eigenvalue weighted by molar-refractivity contribution is 5.96. The van der Waals surface area contributed by atoms with Crippen molar-refractivity contribution in [3.63, 3.8) is 0 Å². The van der Waals surface area contributed by atoms with Crippen molar-refractivity contribution in [2.75, 3.05) is 26.2 Å². The Hall–Kier alpha value is -2.66. The van der Waals surface area contributed by atoms with Crippen molar-refractivity contribution in [3.05, 3.63) is 71.2 Å². The quantitative estimate of drug-likeness (QED) is 0.696. The molecule has 3 aromatic rings. The number of nitrogens with zero attached hydrogens (tertiary/aromatic N) is 2. The summed E-state index contributed by atoms with van der Waals surface area (Å²) < 4.78 is 18.8. The van der Waals surface area contributed by atoms with E-state index in [-0.39, 0.29) is 11.7 Å². The molecule has 0 spiro atoms. The molecule has 0 N–H and O–H groups in total. The highest BCUT2D eigenvalue weighted by Crippen LogP contribution is 2.22. The van der Waals surface area contributed by atoms with E-state index in [9.17, 15) is 9.18 Å². The summed E-state index contributed by atoms with van der Waals surface area (Å²) in [5.74, 6) is 0.141. The summed E-state index contributed by atoms with van der Waals surface area (Å²) in [5.41, 5.74) is 2.98. The second kappa shape index (κ2) is 7.53. The Kier molecular flexibility index (Phi) is 4.94. The molecule has 0 radical (unpaired) electrons. The lowest BCUT2D eigenvalue weighted by molar-refractivity contribution is 0.0731. The van der Waals surface area contributed by atoms with Crippen LogP contribution < -0.4 is 0 Å². The number of hydrogen-bond acceptors (Lipinski definition) is 3. The molecule has 2 aromatic carbocycles. The van der Waals surface area contributed by atoms with Gasteiger partial charge < -0.3 is 9.32 Å². The minimum atomic E-state index is -0.215. The third-order valence-corrected chi connectivity index (χ3v) is 5.08. The van der Waals surface area contributed by atoms with Crippen molar-refractivity contribution >= 4 is 16.9 Å². The van der Waals surface area contributed by atoms with E-state index in [2.05, 4.69) is 4.90 Å². The first kappa shape index (κ1) is 17.7. The summed E-state index contributed by atoms with van der Waals surface area (Å²) in [6, 6.07) is 14.4. The van der Waals surface area contributed by atoms with Gasteiger partial charge in [0, 0.05) is 38.1 Å². The standard InChI is InChI=1S/C22H23FN2O2/c1-16-3-8-20-18(13-16)14-21(27-20)22(26)25-10-2-9-24(11-12-25)15-17-4-6-19(23)7-5-17/h3-8,13-14H,2,9-12,15H2,1H3. The molecule has 1 aromatic heterocycles. The summed E-state index contributed by atoms with van der Waals surface area (Å²) in [4.78, 5) is 17.1. The monoisotopic (exact) mass is 366 g/mol. The molecule has 1 aliphatic heterocycles. The molecule has 0 atom stereocenters. The van der Waals surface area contributed by atoms with E-state index in [0.29, 0.717) is 12.3 Å². The number of halogens is 1. The maximum atomic E-state index is 13.1. The molecular weight excluding hydrogens is 343 g/mol. The van der Waals surface area contributed by atoms with E-state index in [1.807, 2.05) is 48.2 Å². The van der Waals surface area contributed by atoms with Crippen molar-refractivity contribution in [2.45, 2.75) is 19.9 Å². The van der Waals surface area contributed by atoms with Crippen LogP contribution in [0.3, 0.4) is 0 Å². The van der Waals surface area contributed by atoms with Gasteiger partial charge >= 0.3 is 0 Å². The maximum absolute atomic E-state index is 13.1. The maximum Gasteiger partial charge on any atom is 0.289 e. The van der Waals surface area contributed by atoms with Crippen molar-refractivity contribution in [1.82, 2.24) is 9.80 Å². The first-order valence-corrected chi connectivity index (χ1v) is 9.35. The fourth-order valence-corrected chi connectivity index (χ4v) is 3.60. The topological polar surface area (TPSA) is 36.7 Å². The molecule has 1 amide bonds. The Morgan fingerprint density at radius 2 is 1.85 bits per heavy atom. The molecule has 0 unspecified atom stereocenters. The molecule has 0 bridgehead atoms. The van der Waals surface area contributed by atoms with E-state index in [4.69, 9.17) is 4.42 Å². The second-order valence-corrected chi connectivity index (χ2v) is 7.20. The van der Waals surface area contributed by atoms with Gasteiger partial charge in [0.15, 0.2) is 5.76 Å². The van der Waals surface area contributed by atoms with Crippen LogP contribution in [0, 0.1) is 12.7 Å². The summed E-state index contributed by atoms with van der Waals surface area (Å²) in [7, 11) is 0. The van der Waals surface area contributed by atoms with Gasteiger partial charge in [-0.2, -0.15) is 0 Å². The Morgan fingerprint density at radius 1 is 1.04 bits per heavy atom. The fourth-order valence-electron chi connectivity index (χ4n) is 3.60. The lowest BCUT2D eigenvalue weighted by atomic mass is 10.2. The SMILES string of the molecule is Cc1ccc2oc(C(=O)N3CCCN(Cc4ccc(F)cc4)CC3)cc2c1. The third-order valence-electron chi connectivity index (χ3n) is 5.08. The minimum absolute atomic E-state index is 0.0486. The second-order valence-electron chi connectivity index (χ2n) is 7.20. The first-order chi connectivity index (χ1) is 13.1. The van der Waals surface area contributed by atoms with Crippen LogP contribution in [0.1, 0.15) is 28.1 Å². The molecule has 4 nitrogen and oxygen atoms in total. The van der Waals surface area contributed by atoms with Crippen molar-refractivity contribution < 1.29 is 13.6 Å². The lowest BCUT2D eigenvalue weighted by Gasteiger charge is -2.21. The summed E-state index contributed by atoms with van der Waals surface area (Å²) in [6.45, 7) is 5.89. The van der Waals surface area contributed by atoms with Crippen molar-refractivity contribution in [2.24, 2.45) is 0 Å². The van der Waals surface area contributed by atoms with E-state index < -0.39 is 0 Å². The van der Waals surface area contributed by atoms with Gasteiger partial charge in [-0.1, -0.05) is 23.8 Å². The van der Waals surface area contributed by atoms with Crippen LogP contribution in [0.25, 0.3) is 11.0 Å². The van der Waals surface area contributed by atoms with Crippen LogP contribution in [-0.4, -0.2) is 41.9 Å². The molecule has 0 aliphatic carbocycles. The largest absolute Gasteiger partial charge is 0.451 e. The smallest absolute Gasteiger partial charge is 0.289 e. The molecular formula is C22H23FN2O2. The van der Waals surface area contributed by atoms with Gasteiger partial charge in [0.1, 0.15) is 11.4 Å². The van der Waals surface area contributed by atoms with Crippen LogP contribution in [0.2, 0.25) is 0 Å². The number of amides is 1. The van der Waals surface area contributed by atoms with Gasteiger partial charge in [-0.15, -0.1) is 0 Å². The Morgan fingerprint density at radius 3 is 2.67 bits per heavy atom. The highest BCUT2D eigenvalue weighted by Gasteiger charge is 2.23. The number of carbonyl (C=O) groups excluding carboxylic acids is 1. The van der Waals surface area contributed by atoms with Gasteiger partial charge in [-0.3, -0.25) is 9.69 Å². The summed E-state index contributed by atoms with van der Waals surface area (Å²) in [5, 5.41) is 0.964. The molecule has 1 saturated heterocycles. The molecule has 4 rings (SSSR count). The third kappa shape index (κ3) is 4.03. The Labute approximate surface area is 158 Å². The van der Waals surface area contributed by atoms with Crippen LogP contribution in [0.5, 0.6) is 0 Å². The van der Waals surface area contributed by atoms with Crippen LogP contribution >= 0.6 is 0 Å². The van der Waals surface area contributed by atoms with E-state index in [1.54, 1.807) is 0 Å². The molecule has 140 valence electrons. The van der Waals surface area contributed by atoms with Crippen LogP contribution in [0.4, 0.5) is 4.39 Å². The number of rotatable bonds is 3. The molecule has 2 heterocycles. The van der Waals surface area contributed by atoms with Gasteiger partial charge in [0.05, 0.1) is 0 Å². The first-order valence-electron chi connectivity index (χ1n) is 9.35. The van der Waals surface area contributed by atoms with Crippen LogP contribution in [-0.2, 0) is 6.54 Å². The zero-order valence-corrected chi connectivity index (χ0v) is 15.5. The number of benzene rings is 2. The number of carbonyl (C=O) groups is 1. The average molecular weight is 366 g/mol. The molecule has 1 fully saturated rings. The highest BCUT2D eigenvalue weighted by atomic mass is 19.1. The Balaban J connectivity index is 1.42. The van der Waals surface area contributed by atoms with Crippen LogP contribution in [0.15, 0.2) is 52.9 Å². The molecule has 0 saturated carbocycles. The predicted octanol–water partition coefficient (Wildman–Crippen LogP) is 4.23. The summed E-state index contributed by atoms with van der Waals surface area (Å²) >= 11 is 0. The lowest BCUT2D eigenvalue weighted by Crippen LogP contribution is -2.34. The number of aryl methyl sites for hydroxylation is 1. The van der Waals surface area contributed by atoms with Crippen molar-refractivity contribution in [1.29, 1.82) is 0 Å². The zero-order chi connectivity index (χ0) is 18.8. The minimum Gasteiger partial charge on any atom is -0.451 e. The number of furan rings is 1.